The van der Waals surface area contributed by atoms with Crippen LogP contribution in [0, 0.1) is 6.92 Å². The monoisotopic (exact) mass is 331 g/mol. The summed E-state index contributed by atoms with van der Waals surface area (Å²) in [5.74, 6) is 0.556. The number of rotatable bonds is 3. The lowest BCUT2D eigenvalue weighted by Gasteiger charge is -2.05. The smallest absolute Gasteiger partial charge is 0.314 e. The molecule has 4 nitrogen and oxygen atoms in total. The average molecular weight is 332 g/mol. The third kappa shape index (κ3) is 4.20. The summed E-state index contributed by atoms with van der Waals surface area (Å²) in [6.45, 7) is 1.89. The highest BCUT2D eigenvalue weighted by molar-refractivity contribution is 9.10. The summed E-state index contributed by atoms with van der Waals surface area (Å²) in [5.41, 5.74) is 1.91. The van der Waals surface area contributed by atoms with Crippen molar-refractivity contribution in [1.29, 1.82) is 0 Å². The van der Waals surface area contributed by atoms with Gasteiger partial charge in [-0.2, -0.15) is 0 Å². The Morgan fingerprint density at radius 2 is 2.15 bits per heavy atom. The van der Waals surface area contributed by atoms with Crippen LogP contribution in [0.5, 0.6) is 0 Å². The molecule has 0 spiro atoms. The number of nitrogens with zero attached hydrogens (tertiary/aromatic N) is 1. The van der Waals surface area contributed by atoms with Gasteiger partial charge >= 0.3 is 6.03 Å². The molecular formula is C15H14BrN3O. The molecule has 0 aliphatic heterocycles. The van der Waals surface area contributed by atoms with E-state index in [0.29, 0.717) is 5.82 Å². The fourth-order valence-electron chi connectivity index (χ4n) is 1.58. The van der Waals surface area contributed by atoms with Gasteiger partial charge in [-0.15, -0.1) is 0 Å². The Bertz CT molecular complexity index is 641. The van der Waals surface area contributed by atoms with Gasteiger partial charge in [0.05, 0.1) is 0 Å². The molecule has 102 valence electrons. The SMILES string of the molecule is Cc1cccnc1NC(=O)N/C=C/c1cccc(Br)c1. The van der Waals surface area contributed by atoms with Crippen LogP contribution in [0.1, 0.15) is 11.1 Å². The van der Waals surface area contributed by atoms with Gasteiger partial charge in [0.25, 0.3) is 0 Å². The molecular weight excluding hydrogens is 318 g/mol. The van der Waals surface area contributed by atoms with E-state index in [1.807, 2.05) is 49.4 Å². The summed E-state index contributed by atoms with van der Waals surface area (Å²) in [7, 11) is 0. The van der Waals surface area contributed by atoms with Crippen molar-refractivity contribution in [1.82, 2.24) is 10.3 Å². The van der Waals surface area contributed by atoms with Crippen LogP contribution in [-0.2, 0) is 0 Å². The summed E-state index contributed by atoms with van der Waals surface area (Å²) >= 11 is 3.39. The molecule has 2 aromatic rings. The van der Waals surface area contributed by atoms with Gasteiger partial charge in [-0.3, -0.25) is 5.32 Å². The molecule has 0 radical (unpaired) electrons. The molecule has 0 unspecified atom stereocenters. The van der Waals surface area contributed by atoms with Crippen LogP contribution in [0.25, 0.3) is 6.08 Å². The minimum absolute atomic E-state index is 0.321. The van der Waals surface area contributed by atoms with Crippen molar-refractivity contribution in [3.8, 4) is 0 Å². The number of aryl methyl sites for hydroxylation is 1. The average Bonchev–Trinajstić information content (AvgIpc) is 2.41. The quantitative estimate of drug-likeness (QED) is 0.894. The largest absolute Gasteiger partial charge is 0.324 e. The fraction of sp³-hybridized carbons (Fsp3) is 0.0667. The van der Waals surface area contributed by atoms with Crippen molar-refractivity contribution in [2.24, 2.45) is 0 Å². The minimum Gasteiger partial charge on any atom is -0.314 e. The van der Waals surface area contributed by atoms with Crippen LogP contribution < -0.4 is 10.6 Å². The Morgan fingerprint density at radius 1 is 1.30 bits per heavy atom. The van der Waals surface area contributed by atoms with E-state index in [4.69, 9.17) is 0 Å². The van der Waals surface area contributed by atoms with Gasteiger partial charge in [0.15, 0.2) is 0 Å². The van der Waals surface area contributed by atoms with Crippen molar-refractivity contribution in [3.05, 3.63) is 64.4 Å². The number of hydrogen-bond acceptors (Lipinski definition) is 2. The number of urea groups is 1. The zero-order valence-corrected chi connectivity index (χ0v) is 12.5. The number of benzene rings is 1. The summed E-state index contributed by atoms with van der Waals surface area (Å²) in [6.07, 6.45) is 5.05. The molecule has 0 atom stereocenters. The standard InChI is InChI=1S/C15H14BrN3O/c1-11-4-3-8-17-14(11)19-15(20)18-9-7-12-5-2-6-13(16)10-12/h2-10H,1H3,(H2,17,18,19,20)/b9-7+. The number of hydrogen-bond donors (Lipinski definition) is 2. The normalized spacial score (nSPS) is 10.5. The molecule has 0 saturated heterocycles. The number of halogens is 1. The highest BCUT2D eigenvalue weighted by Gasteiger charge is 2.02. The van der Waals surface area contributed by atoms with Crippen molar-refractivity contribution >= 4 is 33.9 Å². The number of amides is 2. The van der Waals surface area contributed by atoms with Gasteiger partial charge < -0.3 is 5.32 Å². The van der Waals surface area contributed by atoms with E-state index in [1.165, 1.54) is 0 Å². The van der Waals surface area contributed by atoms with E-state index in [9.17, 15) is 4.79 Å². The third-order valence-corrected chi connectivity index (χ3v) is 3.07. The molecule has 2 N–H and O–H groups in total. The Hall–Kier alpha value is -2.14. The predicted octanol–water partition coefficient (Wildman–Crippen LogP) is 3.94. The minimum atomic E-state index is -0.321. The Labute approximate surface area is 126 Å². The third-order valence-electron chi connectivity index (χ3n) is 2.58. The van der Waals surface area contributed by atoms with Crippen LogP contribution >= 0.6 is 15.9 Å². The topological polar surface area (TPSA) is 54.0 Å². The lowest BCUT2D eigenvalue weighted by Crippen LogP contribution is -2.24. The van der Waals surface area contributed by atoms with Gasteiger partial charge in [0, 0.05) is 16.9 Å². The van der Waals surface area contributed by atoms with Crippen LogP contribution in [0.3, 0.4) is 0 Å². The van der Waals surface area contributed by atoms with E-state index in [2.05, 4.69) is 31.5 Å². The van der Waals surface area contributed by atoms with E-state index >= 15 is 0 Å². The van der Waals surface area contributed by atoms with E-state index in [0.717, 1.165) is 15.6 Å². The van der Waals surface area contributed by atoms with Crippen molar-refractivity contribution in [3.63, 3.8) is 0 Å². The molecule has 2 rings (SSSR count). The summed E-state index contributed by atoms with van der Waals surface area (Å²) in [5, 5.41) is 5.33. The molecule has 0 bridgehead atoms. The van der Waals surface area contributed by atoms with Crippen molar-refractivity contribution in [2.75, 3.05) is 5.32 Å². The van der Waals surface area contributed by atoms with E-state index in [1.54, 1.807) is 12.4 Å². The first-order chi connectivity index (χ1) is 9.65. The number of carbonyl (C=O) groups excluding carboxylic acids is 1. The van der Waals surface area contributed by atoms with Crippen LogP contribution in [-0.4, -0.2) is 11.0 Å². The summed E-state index contributed by atoms with van der Waals surface area (Å²) in [4.78, 5) is 15.8. The second-order valence-electron chi connectivity index (χ2n) is 4.16. The fourth-order valence-corrected chi connectivity index (χ4v) is 2.00. The predicted molar refractivity (Wildman–Crippen MR) is 84.3 cm³/mol. The molecule has 1 heterocycles. The molecule has 1 aromatic carbocycles. The number of nitrogens with one attached hydrogen (secondary N) is 2. The highest BCUT2D eigenvalue weighted by Crippen LogP contribution is 2.12. The highest BCUT2D eigenvalue weighted by atomic mass is 79.9. The van der Waals surface area contributed by atoms with Gasteiger partial charge in [0.2, 0.25) is 0 Å². The van der Waals surface area contributed by atoms with Gasteiger partial charge in [-0.25, -0.2) is 9.78 Å². The van der Waals surface area contributed by atoms with Gasteiger partial charge in [-0.1, -0.05) is 34.1 Å². The van der Waals surface area contributed by atoms with E-state index < -0.39 is 0 Å². The zero-order valence-electron chi connectivity index (χ0n) is 10.9. The Kier molecular flexibility index (Phi) is 4.90. The molecule has 0 saturated carbocycles. The maximum absolute atomic E-state index is 11.7. The molecule has 1 aromatic heterocycles. The van der Waals surface area contributed by atoms with Gasteiger partial charge in [0.1, 0.15) is 5.82 Å². The first kappa shape index (κ1) is 14.3. The number of anilines is 1. The first-order valence-electron chi connectivity index (χ1n) is 6.06. The molecule has 5 heteroatoms. The van der Waals surface area contributed by atoms with Crippen LogP contribution in [0.4, 0.5) is 10.6 Å². The van der Waals surface area contributed by atoms with E-state index in [-0.39, 0.29) is 6.03 Å². The summed E-state index contributed by atoms with van der Waals surface area (Å²) < 4.78 is 0.994. The van der Waals surface area contributed by atoms with Crippen molar-refractivity contribution in [2.45, 2.75) is 6.92 Å². The Balaban J connectivity index is 1.91. The van der Waals surface area contributed by atoms with Gasteiger partial charge in [-0.05, 0) is 42.3 Å². The van der Waals surface area contributed by atoms with Crippen LogP contribution in [0.15, 0.2) is 53.3 Å². The lowest BCUT2D eigenvalue weighted by atomic mass is 10.2. The second kappa shape index (κ2) is 6.86. The number of carbonyl (C=O) groups is 1. The maximum atomic E-state index is 11.7. The van der Waals surface area contributed by atoms with Crippen molar-refractivity contribution < 1.29 is 4.79 Å². The summed E-state index contributed by atoms with van der Waals surface area (Å²) in [6, 6.07) is 11.2. The maximum Gasteiger partial charge on any atom is 0.324 e. The Morgan fingerprint density at radius 3 is 2.90 bits per heavy atom. The molecule has 20 heavy (non-hydrogen) atoms. The molecule has 0 fully saturated rings. The zero-order chi connectivity index (χ0) is 14.4. The number of pyridine rings is 1. The number of aromatic nitrogens is 1. The molecule has 0 aliphatic carbocycles. The van der Waals surface area contributed by atoms with Crippen LogP contribution in [0.2, 0.25) is 0 Å². The molecule has 2 amide bonds. The first-order valence-corrected chi connectivity index (χ1v) is 6.86. The molecule has 0 aliphatic rings. The lowest BCUT2D eigenvalue weighted by molar-refractivity contribution is 0.255. The second-order valence-corrected chi connectivity index (χ2v) is 5.07.